The SMILES string of the molecule is O=C1NC(=O)c2cc(C(=O)N3CC(Oc4ccccc4Cl)C3)ccc21. The van der Waals surface area contributed by atoms with Crippen molar-refractivity contribution in [2.45, 2.75) is 6.10 Å². The number of benzene rings is 2. The van der Waals surface area contributed by atoms with Gasteiger partial charge in [0, 0.05) is 5.56 Å². The molecular weight excluding hydrogens is 344 g/mol. The summed E-state index contributed by atoms with van der Waals surface area (Å²) >= 11 is 6.05. The van der Waals surface area contributed by atoms with E-state index >= 15 is 0 Å². The van der Waals surface area contributed by atoms with Crippen molar-refractivity contribution in [1.82, 2.24) is 10.2 Å². The Morgan fingerprint density at radius 3 is 2.56 bits per heavy atom. The highest BCUT2D eigenvalue weighted by Crippen LogP contribution is 2.27. The van der Waals surface area contributed by atoms with Gasteiger partial charge in [-0.1, -0.05) is 23.7 Å². The van der Waals surface area contributed by atoms with Crippen molar-refractivity contribution in [2.24, 2.45) is 0 Å². The average Bonchev–Trinajstić information content (AvgIpc) is 2.85. The highest BCUT2D eigenvalue weighted by molar-refractivity contribution is 6.32. The molecule has 0 spiro atoms. The zero-order valence-corrected chi connectivity index (χ0v) is 13.7. The number of carbonyl (C=O) groups is 3. The number of ether oxygens (including phenoxy) is 1. The maximum Gasteiger partial charge on any atom is 0.258 e. The van der Waals surface area contributed by atoms with Crippen LogP contribution >= 0.6 is 11.6 Å². The van der Waals surface area contributed by atoms with Gasteiger partial charge < -0.3 is 9.64 Å². The summed E-state index contributed by atoms with van der Waals surface area (Å²) in [6.07, 6.45) is -0.122. The lowest BCUT2D eigenvalue weighted by atomic mass is 10.0. The number of imide groups is 1. The van der Waals surface area contributed by atoms with E-state index in [1.807, 2.05) is 12.1 Å². The van der Waals surface area contributed by atoms with Gasteiger partial charge in [0.1, 0.15) is 11.9 Å². The first-order valence-electron chi connectivity index (χ1n) is 7.73. The number of hydrogen-bond donors (Lipinski definition) is 1. The third-order valence-corrected chi connectivity index (χ3v) is 4.56. The van der Waals surface area contributed by atoms with Crippen LogP contribution in [-0.2, 0) is 0 Å². The van der Waals surface area contributed by atoms with E-state index in [4.69, 9.17) is 16.3 Å². The molecule has 2 aliphatic heterocycles. The molecule has 1 fully saturated rings. The Hall–Kier alpha value is -2.86. The van der Waals surface area contributed by atoms with Gasteiger partial charge in [-0.25, -0.2) is 0 Å². The Morgan fingerprint density at radius 2 is 1.80 bits per heavy atom. The molecule has 6 nitrogen and oxygen atoms in total. The van der Waals surface area contributed by atoms with E-state index in [2.05, 4.69) is 5.32 Å². The van der Waals surface area contributed by atoms with Crippen LogP contribution in [0.1, 0.15) is 31.1 Å². The van der Waals surface area contributed by atoms with E-state index in [9.17, 15) is 14.4 Å². The van der Waals surface area contributed by atoms with E-state index < -0.39 is 11.8 Å². The Labute approximate surface area is 148 Å². The molecule has 0 aliphatic carbocycles. The number of para-hydroxylation sites is 1. The summed E-state index contributed by atoms with van der Waals surface area (Å²) in [4.78, 5) is 37.4. The summed E-state index contributed by atoms with van der Waals surface area (Å²) in [7, 11) is 0. The molecule has 7 heteroatoms. The van der Waals surface area contributed by atoms with Gasteiger partial charge in [0.2, 0.25) is 0 Å². The van der Waals surface area contributed by atoms with Gasteiger partial charge in [-0.2, -0.15) is 0 Å². The van der Waals surface area contributed by atoms with Crippen LogP contribution in [-0.4, -0.2) is 41.8 Å². The molecule has 25 heavy (non-hydrogen) atoms. The third-order valence-electron chi connectivity index (χ3n) is 4.25. The summed E-state index contributed by atoms with van der Waals surface area (Å²) in [5.41, 5.74) is 0.908. The number of fused-ring (bicyclic) bond motifs is 1. The molecule has 1 saturated heterocycles. The Kier molecular flexibility index (Phi) is 3.69. The van der Waals surface area contributed by atoms with Crippen molar-refractivity contribution in [1.29, 1.82) is 0 Å². The number of nitrogens with zero attached hydrogens (tertiary/aromatic N) is 1. The van der Waals surface area contributed by atoms with Crippen molar-refractivity contribution in [3.05, 3.63) is 64.2 Å². The maximum atomic E-state index is 12.5. The van der Waals surface area contributed by atoms with Crippen LogP contribution in [0.25, 0.3) is 0 Å². The highest BCUT2D eigenvalue weighted by atomic mass is 35.5. The molecule has 4 rings (SSSR count). The van der Waals surface area contributed by atoms with Crippen molar-refractivity contribution in [2.75, 3.05) is 13.1 Å². The average molecular weight is 357 g/mol. The molecule has 3 amide bonds. The molecule has 2 aliphatic rings. The largest absolute Gasteiger partial charge is 0.485 e. The fourth-order valence-corrected chi connectivity index (χ4v) is 3.06. The first-order chi connectivity index (χ1) is 12.0. The maximum absolute atomic E-state index is 12.5. The van der Waals surface area contributed by atoms with Crippen LogP contribution in [0.5, 0.6) is 5.75 Å². The van der Waals surface area contributed by atoms with E-state index in [0.29, 0.717) is 35.0 Å². The fraction of sp³-hybridized carbons (Fsp3) is 0.167. The van der Waals surface area contributed by atoms with E-state index in [1.165, 1.54) is 12.1 Å². The van der Waals surface area contributed by atoms with Crippen molar-refractivity contribution in [3.8, 4) is 5.75 Å². The van der Waals surface area contributed by atoms with Crippen LogP contribution in [0.3, 0.4) is 0 Å². The van der Waals surface area contributed by atoms with Gasteiger partial charge in [0.05, 0.1) is 29.2 Å². The van der Waals surface area contributed by atoms with Gasteiger partial charge in [0.25, 0.3) is 17.7 Å². The van der Waals surface area contributed by atoms with Gasteiger partial charge in [-0.3, -0.25) is 19.7 Å². The number of likely N-dealkylation sites (tertiary alicyclic amines) is 1. The minimum atomic E-state index is -0.474. The third kappa shape index (κ3) is 2.74. The van der Waals surface area contributed by atoms with Crippen molar-refractivity contribution in [3.63, 3.8) is 0 Å². The van der Waals surface area contributed by atoms with E-state index in [0.717, 1.165) is 0 Å². The molecule has 126 valence electrons. The van der Waals surface area contributed by atoms with Gasteiger partial charge in [-0.05, 0) is 30.3 Å². The zero-order chi connectivity index (χ0) is 17.6. The number of carbonyl (C=O) groups excluding carboxylic acids is 3. The summed E-state index contributed by atoms with van der Waals surface area (Å²) in [6, 6.07) is 11.7. The summed E-state index contributed by atoms with van der Waals surface area (Å²) in [5.74, 6) is -0.516. The van der Waals surface area contributed by atoms with Crippen LogP contribution < -0.4 is 10.1 Å². The quantitative estimate of drug-likeness (QED) is 0.855. The van der Waals surface area contributed by atoms with E-state index in [-0.39, 0.29) is 17.6 Å². The zero-order valence-electron chi connectivity index (χ0n) is 13.0. The fourth-order valence-electron chi connectivity index (χ4n) is 2.88. The molecule has 0 aromatic heterocycles. The lowest BCUT2D eigenvalue weighted by molar-refractivity contribution is 0.0178. The molecule has 2 heterocycles. The molecule has 0 atom stereocenters. The number of rotatable bonds is 3. The second-order valence-electron chi connectivity index (χ2n) is 5.92. The minimum Gasteiger partial charge on any atom is -0.485 e. The molecule has 0 bridgehead atoms. The van der Waals surface area contributed by atoms with E-state index in [1.54, 1.807) is 23.1 Å². The Morgan fingerprint density at radius 1 is 1.08 bits per heavy atom. The number of nitrogens with one attached hydrogen (secondary N) is 1. The Bertz CT molecular complexity index is 906. The first-order valence-corrected chi connectivity index (χ1v) is 8.11. The van der Waals surface area contributed by atoms with Gasteiger partial charge >= 0.3 is 0 Å². The molecule has 0 unspecified atom stereocenters. The lowest BCUT2D eigenvalue weighted by Gasteiger charge is -2.39. The molecular formula is C18H13ClN2O4. The van der Waals surface area contributed by atoms with Crippen LogP contribution in [0.2, 0.25) is 5.02 Å². The minimum absolute atomic E-state index is 0.122. The van der Waals surface area contributed by atoms with Crippen LogP contribution in [0.15, 0.2) is 42.5 Å². The standard InChI is InChI=1S/C18H13ClN2O4/c19-14-3-1-2-4-15(14)25-11-8-21(9-11)18(24)10-5-6-12-13(7-10)17(23)20-16(12)22/h1-7,11H,8-9H2,(H,20,22,23). The Balaban J connectivity index is 1.42. The summed E-state index contributed by atoms with van der Waals surface area (Å²) in [6.45, 7) is 0.874. The normalized spacial score (nSPS) is 16.3. The predicted octanol–water partition coefficient (Wildman–Crippen LogP) is 2.13. The van der Waals surface area contributed by atoms with Crippen LogP contribution in [0.4, 0.5) is 0 Å². The molecule has 0 radical (unpaired) electrons. The monoisotopic (exact) mass is 356 g/mol. The lowest BCUT2D eigenvalue weighted by Crippen LogP contribution is -2.56. The number of halogens is 1. The number of amides is 3. The number of hydrogen-bond acceptors (Lipinski definition) is 4. The molecule has 2 aromatic rings. The summed E-state index contributed by atoms with van der Waals surface area (Å²) in [5, 5.41) is 2.74. The van der Waals surface area contributed by atoms with Crippen LogP contribution in [0, 0.1) is 0 Å². The summed E-state index contributed by atoms with van der Waals surface area (Å²) < 4.78 is 5.77. The second-order valence-corrected chi connectivity index (χ2v) is 6.33. The van der Waals surface area contributed by atoms with Crippen molar-refractivity contribution >= 4 is 29.3 Å². The first kappa shape index (κ1) is 15.7. The molecule has 1 N–H and O–H groups in total. The molecule has 2 aromatic carbocycles. The second kappa shape index (κ2) is 5.89. The topological polar surface area (TPSA) is 75.7 Å². The van der Waals surface area contributed by atoms with Gasteiger partial charge in [-0.15, -0.1) is 0 Å². The smallest absolute Gasteiger partial charge is 0.258 e. The molecule has 0 saturated carbocycles. The highest BCUT2D eigenvalue weighted by Gasteiger charge is 2.34. The van der Waals surface area contributed by atoms with Crippen molar-refractivity contribution < 1.29 is 19.1 Å². The van der Waals surface area contributed by atoms with Gasteiger partial charge in [0.15, 0.2) is 0 Å². The predicted molar refractivity (Wildman–Crippen MR) is 90.0 cm³/mol.